The lowest BCUT2D eigenvalue weighted by Crippen LogP contribution is -2.28. The molecule has 4 nitrogen and oxygen atoms in total. The van der Waals surface area contributed by atoms with Gasteiger partial charge < -0.3 is 10.6 Å². The summed E-state index contributed by atoms with van der Waals surface area (Å²) in [5.74, 6) is 0.284. The first-order chi connectivity index (χ1) is 9.15. The lowest BCUT2D eigenvalue weighted by molar-refractivity contribution is 0.0949. The molecule has 0 saturated heterocycles. The van der Waals surface area contributed by atoms with Crippen LogP contribution in [0, 0.1) is 11.7 Å². The van der Waals surface area contributed by atoms with Crippen molar-refractivity contribution in [2.45, 2.75) is 39.2 Å². The van der Waals surface area contributed by atoms with E-state index in [0.29, 0.717) is 18.3 Å². The van der Waals surface area contributed by atoms with Gasteiger partial charge in [0.1, 0.15) is 11.6 Å². The van der Waals surface area contributed by atoms with Crippen LogP contribution in [0.5, 0.6) is 0 Å². The molecule has 1 aliphatic carbocycles. The minimum absolute atomic E-state index is 0.241. The third-order valence-corrected chi connectivity index (χ3v) is 3.34. The number of carbonyl (C=O) groups is 1. The van der Waals surface area contributed by atoms with Crippen LogP contribution in [0.15, 0.2) is 12.3 Å². The number of halogens is 1. The summed E-state index contributed by atoms with van der Waals surface area (Å²) in [6, 6.07) is 1.47. The molecule has 1 fully saturated rings. The normalized spacial score (nSPS) is 21.0. The number of nitrogens with one attached hydrogen (secondary N) is 2. The van der Waals surface area contributed by atoms with Crippen molar-refractivity contribution in [1.82, 2.24) is 10.3 Å². The maximum Gasteiger partial charge on any atom is 0.255 e. The number of carbonyl (C=O) groups excluding carboxylic acids is 1. The van der Waals surface area contributed by atoms with E-state index in [2.05, 4.69) is 22.5 Å². The maximum absolute atomic E-state index is 13.2. The standard InChI is InChI=1S/C14H20FN3O/c1-3-5-9-6-12(9)18-14(19)11-7-10(15)8-17-13(11)16-4-2/h7-9,12H,3-6H2,1-2H3,(H,16,17)(H,18,19). The Bertz CT molecular complexity index is 464. The Labute approximate surface area is 112 Å². The molecular weight excluding hydrogens is 245 g/mol. The molecule has 0 aromatic carbocycles. The van der Waals surface area contributed by atoms with Crippen molar-refractivity contribution in [1.29, 1.82) is 0 Å². The van der Waals surface area contributed by atoms with Crippen molar-refractivity contribution in [3.63, 3.8) is 0 Å². The molecule has 104 valence electrons. The van der Waals surface area contributed by atoms with Gasteiger partial charge in [-0.25, -0.2) is 9.37 Å². The SMILES string of the molecule is CCCC1CC1NC(=O)c1cc(F)cnc1NCC. The Morgan fingerprint density at radius 1 is 1.53 bits per heavy atom. The molecule has 0 radical (unpaired) electrons. The molecule has 2 atom stereocenters. The molecule has 0 bridgehead atoms. The number of hydrogen-bond acceptors (Lipinski definition) is 3. The number of rotatable bonds is 6. The van der Waals surface area contributed by atoms with E-state index in [4.69, 9.17) is 0 Å². The third kappa shape index (κ3) is 3.43. The van der Waals surface area contributed by atoms with Crippen LogP contribution >= 0.6 is 0 Å². The van der Waals surface area contributed by atoms with Gasteiger partial charge in [-0.2, -0.15) is 0 Å². The zero-order valence-electron chi connectivity index (χ0n) is 11.4. The zero-order valence-corrected chi connectivity index (χ0v) is 11.4. The molecule has 2 N–H and O–H groups in total. The molecular formula is C14H20FN3O. The quantitative estimate of drug-likeness (QED) is 0.831. The summed E-state index contributed by atoms with van der Waals surface area (Å²) >= 11 is 0. The van der Waals surface area contributed by atoms with Crippen LogP contribution in [0.3, 0.4) is 0 Å². The first-order valence-electron chi connectivity index (χ1n) is 6.86. The first-order valence-corrected chi connectivity index (χ1v) is 6.86. The predicted molar refractivity (Wildman–Crippen MR) is 72.6 cm³/mol. The van der Waals surface area contributed by atoms with Gasteiger partial charge in [0, 0.05) is 12.6 Å². The maximum atomic E-state index is 13.2. The molecule has 1 aromatic heterocycles. The summed E-state index contributed by atoms with van der Waals surface area (Å²) < 4.78 is 13.2. The Kier molecular flexibility index (Phi) is 4.35. The summed E-state index contributed by atoms with van der Waals surface area (Å²) in [5, 5.41) is 5.92. The molecule has 2 rings (SSSR count). The second-order valence-electron chi connectivity index (χ2n) is 4.94. The van der Waals surface area contributed by atoms with Crippen LogP contribution in [0.2, 0.25) is 0 Å². The third-order valence-electron chi connectivity index (χ3n) is 3.34. The van der Waals surface area contributed by atoms with E-state index in [1.54, 1.807) is 0 Å². The summed E-state index contributed by atoms with van der Waals surface area (Å²) in [4.78, 5) is 16.1. The Morgan fingerprint density at radius 2 is 2.32 bits per heavy atom. The fraction of sp³-hybridized carbons (Fsp3) is 0.571. The van der Waals surface area contributed by atoms with E-state index >= 15 is 0 Å². The van der Waals surface area contributed by atoms with E-state index in [9.17, 15) is 9.18 Å². The monoisotopic (exact) mass is 265 g/mol. The van der Waals surface area contributed by atoms with Crippen molar-refractivity contribution < 1.29 is 9.18 Å². The van der Waals surface area contributed by atoms with E-state index < -0.39 is 5.82 Å². The molecule has 0 spiro atoms. The largest absolute Gasteiger partial charge is 0.370 e. The van der Waals surface area contributed by atoms with Gasteiger partial charge in [-0.3, -0.25) is 4.79 Å². The minimum atomic E-state index is -0.493. The Morgan fingerprint density at radius 3 is 3.00 bits per heavy atom. The summed E-state index contributed by atoms with van der Waals surface area (Å²) in [5.41, 5.74) is 0.281. The number of anilines is 1. The number of pyridine rings is 1. The van der Waals surface area contributed by atoms with Crippen LogP contribution < -0.4 is 10.6 Å². The van der Waals surface area contributed by atoms with E-state index in [0.717, 1.165) is 25.5 Å². The molecule has 1 saturated carbocycles. The van der Waals surface area contributed by atoms with Crippen LogP contribution in [-0.4, -0.2) is 23.5 Å². The minimum Gasteiger partial charge on any atom is -0.370 e. The smallest absolute Gasteiger partial charge is 0.255 e. The van der Waals surface area contributed by atoms with Crippen molar-refractivity contribution in [3.8, 4) is 0 Å². The van der Waals surface area contributed by atoms with E-state index in [-0.39, 0.29) is 17.5 Å². The highest BCUT2D eigenvalue weighted by Crippen LogP contribution is 2.34. The molecule has 0 aliphatic heterocycles. The van der Waals surface area contributed by atoms with Gasteiger partial charge in [-0.15, -0.1) is 0 Å². The Balaban J connectivity index is 2.04. The van der Waals surface area contributed by atoms with Crippen molar-refractivity contribution in [2.24, 2.45) is 5.92 Å². The fourth-order valence-corrected chi connectivity index (χ4v) is 2.28. The Hall–Kier alpha value is -1.65. The highest BCUT2D eigenvalue weighted by atomic mass is 19.1. The van der Waals surface area contributed by atoms with Gasteiger partial charge in [-0.05, 0) is 31.7 Å². The highest BCUT2D eigenvalue weighted by Gasteiger charge is 2.37. The van der Waals surface area contributed by atoms with Crippen molar-refractivity contribution in [3.05, 3.63) is 23.6 Å². The molecule has 5 heteroatoms. The fourth-order valence-electron chi connectivity index (χ4n) is 2.28. The molecule has 1 amide bonds. The van der Waals surface area contributed by atoms with Crippen LogP contribution in [0.4, 0.5) is 10.2 Å². The molecule has 1 heterocycles. The lowest BCUT2D eigenvalue weighted by Gasteiger charge is -2.10. The van der Waals surface area contributed by atoms with Gasteiger partial charge in [0.25, 0.3) is 5.91 Å². The highest BCUT2D eigenvalue weighted by molar-refractivity contribution is 5.99. The number of nitrogens with zero attached hydrogens (tertiary/aromatic N) is 1. The average molecular weight is 265 g/mol. The van der Waals surface area contributed by atoms with Gasteiger partial charge in [0.15, 0.2) is 0 Å². The number of amides is 1. The summed E-state index contributed by atoms with van der Waals surface area (Å²) in [6.07, 6.45) is 4.40. The summed E-state index contributed by atoms with van der Waals surface area (Å²) in [7, 11) is 0. The van der Waals surface area contributed by atoms with Gasteiger partial charge >= 0.3 is 0 Å². The van der Waals surface area contributed by atoms with Crippen LogP contribution in [0.25, 0.3) is 0 Å². The predicted octanol–water partition coefficient (Wildman–Crippen LogP) is 2.57. The van der Waals surface area contributed by atoms with Gasteiger partial charge in [0.2, 0.25) is 0 Å². The number of aromatic nitrogens is 1. The van der Waals surface area contributed by atoms with Crippen molar-refractivity contribution in [2.75, 3.05) is 11.9 Å². The molecule has 2 unspecified atom stereocenters. The summed E-state index contributed by atoms with van der Waals surface area (Å²) in [6.45, 7) is 4.68. The first kappa shape index (κ1) is 13.8. The molecule has 19 heavy (non-hydrogen) atoms. The second kappa shape index (κ2) is 5.99. The van der Waals surface area contributed by atoms with Crippen LogP contribution in [-0.2, 0) is 0 Å². The van der Waals surface area contributed by atoms with Crippen LogP contribution in [0.1, 0.15) is 43.5 Å². The van der Waals surface area contributed by atoms with Gasteiger partial charge in [-0.1, -0.05) is 13.3 Å². The van der Waals surface area contributed by atoms with Gasteiger partial charge in [0.05, 0.1) is 11.8 Å². The lowest BCUT2D eigenvalue weighted by atomic mass is 10.2. The molecule has 1 aliphatic rings. The van der Waals surface area contributed by atoms with Crippen molar-refractivity contribution >= 4 is 11.7 Å². The van der Waals surface area contributed by atoms with E-state index in [1.807, 2.05) is 6.92 Å². The molecule has 1 aromatic rings. The topological polar surface area (TPSA) is 54.0 Å². The average Bonchev–Trinajstić information content (AvgIpc) is 3.10. The van der Waals surface area contributed by atoms with E-state index in [1.165, 1.54) is 6.07 Å². The zero-order chi connectivity index (χ0) is 13.8. The second-order valence-corrected chi connectivity index (χ2v) is 4.94. The number of hydrogen-bond donors (Lipinski definition) is 2.